The molecule has 0 spiro atoms. The number of rotatable bonds is 6. The molecule has 5 heterocycles. The number of nitrogens with zero attached hydrogens (tertiary/aromatic N) is 4. The molecule has 0 aliphatic carbocycles. The van der Waals surface area contributed by atoms with Gasteiger partial charge in [0, 0.05) is 18.7 Å². The van der Waals surface area contributed by atoms with Gasteiger partial charge < -0.3 is 19.7 Å². The molecule has 7 rings (SSSR count). The highest BCUT2D eigenvalue weighted by Gasteiger charge is 2.45. The summed E-state index contributed by atoms with van der Waals surface area (Å²) in [5.74, 6) is -0.952. The zero-order valence-corrected chi connectivity index (χ0v) is 23.8. The number of piperidine rings is 1. The van der Waals surface area contributed by atoms with E-state index in [1.54, 1.807) is 6.07 Å². The van der Waals surface area contributed by atoms with Crippen LogP contribution in [0, 0.1) is 11.6 Å². The van der Waals surface area contributed by atoms with Crippen LogP contribution in [0.15, 0.2) is 29.1 Å². The third kappa shape index (κ3) is 4.38. The Balaban J connectivity index is 1.42. The largest absolute Gasteiger partial charge is 0.508 e. The van der Waals surface area contributed by atoms with Crippen LogP contribution in [0.3, 0.4) is 0 Å². The fourth-order valence-electron chi connectivity index (χ4n) is 7.43. The smallest absolute Gasteiger partial charge is 0.319 e. The van der Waals surface area contributed by atoms with Crippen molar-refractivity contribution in [2.24, 2.45) is 0 Å². The van der Waals surface area contributed by atoms with Crippen molar-refractivity contribution in [2.75, 3.05) is 37.7 Å². The standard InChI is InChI=1S/C32H35F2N5O3/c1-2-21-23(33)9-8-19-16-20(40)17-22(24(19)21)27-26(34)28-25(30(41)35-27)29(38-12-4-3-5-13-38)37-31(36-28)42-18-32-10-6-14-39(32)15-7-11-32/h8-9,16-17,40H,2-7,10-15,18H2,1H3,(H,35,41). The molecule has 3 fully saturated rings. The van der Waals surface area contributed by atoms with E-state index in [-0.39, 0.29) is 39.5 Å². The molecule has 3 aliphatic heterocycles. The Bertz CT molecular complexity index is 1740. The number of aromatic amines is 1. The predicted octanol–water partition coefficient (Wildman–Crippen LogP) is 5.68. The van der Waals surface area contributed by atoms with E-state index < -0.39 is 17.2 Å². The van der Waals surface area contributed by atoms with Gasteiger partial charge in [0.1, 0.15) is 34.9 Å². The molecule has 2 aromatic heterocycles. The first-order chi connectivity index (χ1) is 20.4. The predicted molar refractivity (Wildman–Crippen MR) is 158 cm³/mol. The van der Waals surface area contributed by atoms with E-state index in [1.165, 1.54) is 18.2 Å². The number of H-pyrrole nitrogens is 1. The van der Waals surface area contributed by atoms with Gasteiger partial charge in [-0.15, -0.1) is 0 Å². The highest BCUT2D eigenvalue weighted by Crippen LogP contribution is 2.40. The SMILES string of the molecule is CCc1c(F)ccc2cc(O)cc(-c3[nH]c(=O)c4c(N5CCCCC5)nc(OCC56CCCN5CCC6)nc4c3F)c12. The number of aryl methyl sites for hydroxylation is 1. The summed E-state index contributed by atoms with van der Waals surface area (Å²) in [5.41, 5.74) is -0.319. The number of halogens is 2. The van der Waals surface area contributed by atoms with E-state index in [9.17, 15) is 14.3 Å². The first-order valence-corrected chi connectivity index (χ1v) is 15.1. The average molecular weight is 576 g/mol. The Morgan fingerprint density at radius 3 is 2.50 bits per heavy atom. The Labute approximate surface area is 242 Å². The van der Waals surface area contributed by atoms with Gasteiger partial charge in [0.2, 0.25) is 0 Å². The molecule has 8 nitrogen and oxygen atoms in total. The van der Waals surface area contributed by atoms with Crippen molar-refractivity contribution in [1.82, 2.24) is 19.9 Å². The van der Waals surface area contributed by atoms with Crippen LogP contribution in [-0.2, 0) is 6.42 Å². The molecule has 42 heavy (non-hydrogen) atoms. The number of ether oxygens (including phenoxy) is 1. The summed E-state index contributed by atoms with van der Waals surface area (Å²) in [6.45, 7) is 5.71. The van der Waals surface area contributed by atoms with E-state index in [4.69, 9.17) is 9.72 Å². The first kappa shape index (κ1) is 27.1. The molecule has 220 valence electrons. The van der Waals surface area contributed by atoms with Crippen LogP contribution in [-0.4, -0.2) is 63.3 Å². The van der Waals surface area contributed by atoms with Crippen LogP contribution >= 0.6 is 0 Å². The minimum Gasteiger partial charge on any atom is -0.508 e. The summed E-state index contributed by atoms with van der Waals surface area (Å²) < 4.78 is 37.8. The lowest BCUT2D eigenvalue weighted by molar-refractivity contribution is 0.108. The highest BCUT2D eigenvalue weighted by atomic mass is 19.1. The number of fused-ring (bicyclic) bond motifs is 3. The molecule has 0 radical (unpaired) electrons. The number of benzene rings is 2. The average Bonchev–Trinajstić information content (AvgIpc) is 3.58. The molecule has 0 bridgehead atoms. The lowest BCUT2D eigenvalue weighted by Gasteiger charge is -2.32. The van der Waals surface area contributed by atoms with Crippen molar-refractivity contribution in [3.05, 3.63) is 51.8 Å². The second kappa shape index (κ2) is 10.5. The lowest BCUT2D eigenvalue weighted by atomic mass is 9.94. The van der Waals surface area contributed by atoms with Crippen LogP contribution in [0.5, 0.6) is 11.8 Å². The summed E-state index contributed by atoms with van der Waals surface area (Å²) in [6, 6.07) is 5.79. The first-order valence-electron chi connectivity index (χ1n) is 15.1. The molecular formula is C32H35F2N5O3. The molecule has 2 N–H and O–H groups in total. The van der Waals surface area contributed by atoms with Crippen molar-refractivity contribution >= 4 is 27.5 Å². The quantitative estimate of drug-likeness (QED) is 0.305. The topological polar surface area (TPSA) is 94.6 Å². The Hall–Kier alpha value is -3.79. The zero-order valence-electron chi connectivity index (χ0n) is 23.8. The summed E-state index contributed by atoms with van der Waals surface area (Å²) in [5, 5.41) is 11.6. The van der Waals surface area contributed by atoms with Gasteiger partial charge in [0.15, 0.2) is 5.82 Å². The second-order valence-electron chi connectivity index (χ2n) is 11.9. The minimum absolute atomic E-state index is 0.0488. The van der Waals surface area contributed by atoms with Crippen molar-refractivity contribution in [3.63, 3.8) is 0 Å². The normalized spacial score (nSPS) is 18.7. The number of hydrogen-bond donors (Lipinski definition) is 2. The summed E-state index contributed by atoms with van der Waals surface area (Å²) in [6.07, 6.45) is 7.63. The van der Waals surface area contributed by atoms with E-state index in [0.717, 1.165) is 58.0 Å². The molecule has 0 unspecified atom stereocenters. The number of aromatic hydroxyl groups is 1. The number of anilines is 1. The van der Waals surface area contributed by atoms with Crippen LogP contribution in [0.2, 0.25) is 0 Å². The monoisotopic (exact) mass is 575 g/mol. The number of phenolic OH excluding ortho intramolecular Hbond substituents is 1. The molecule has 4 aromatic rings. The second-order valence-corrected chi connectivity index (χ2v) is 11.9. The van der Waals surface area contributed by atoms with Crippen LogP contribution in [0.4, 0.5) is 14.6 Å². The summed E-state index contributed by atoms with van der Waals surface area (Å²) in [7, 11) is 0. The molecule has 0 amide bonds. The van der Waals surface area contributed by atoms with Crippen molar-refractivity contribution in [1.29, 1.82) is 0 Å². The number of hydrogen-bond acceptors (Lipinski definition) is 7. The van der Waals surface area contributed by atoms with Crippen molar-refractivity contribution in [3.8, 4) is 23.0 Å². The molecular weight excluding hydrogens is 540 g/mol. The van der Waals surface area contributed by atoms with Gasteiger partial charge >= 0.3 is 6.01 Å². The van der Waals surface area contributed by atoms with Gasteiger partial charge in [-0.1, -0.05) is 13.0 Å². The molecule has 0 saturated carbocycles. The molecule has 3 aliphatic rings. The number of aromatic nitrogens is 3. The van der Waals surface area contributed by atoms with Gasteiger partial charge in [-0.2, -0.15) is 9.97 Å². The Kier molecular flexibility index (Phi) is 6.76. The Morgan fingerprint density at radius 1 is 1.00 bits per heavy atom. The highest BCUT2D eigenvalue weighted by molar-refractivity contribution is 6.01. The number of phenols is 1. The minimum atomic E-state index is -0.769. The van der Waals surface area contributed by atoms with Gasteiger partial charge in [0.25, 0.3) is 5.56 Å². The summed E-state index contributed by atoms with van der Waals surface area (Å²) >= 11 is 0. The van der Waals surface area contributed by atoms with Gasteiger partial charge in [-0.05, 0) is 99.0 Å². The Morgan fingerprint density at radius 2 is 1.76 bits per heavy atom. The fraction of sp³-hybridized carbons (Fsp3) is 0.469. The third-order valence-electron chi connectivity index (χ3n) is 9.47. The van der Waals surface area contributed by atoms with Crippen LogP contribution in [0.1, 0.15) is 57.4 Å². The maximum atomic E-state index is 16.7. The molecule has 10 heteroatoms. The van der Waals surface area contributed by atoms with Gasteiger partial charge in [-0.3, -0.25) is 9.69 Å². The molecule has 0 atom stereocenters. The van der Waals surface area contributed by atoms with Crippen molar-refractivity contribution < 1.29 is 18.6 Å². The van der Waals surface area contributed by atoms with E-state index in [1.807, 2.05) is 11.8 Å². The van der Waals surface area contributed by atoms with E-state index in [2.05, 4.69) is 14.9 Å². The van der Waals surface area contributed by atoms with Gasteiger partial charge in [-0.25, -0.2) is 8.78 Å². The third-order valence-corrected chi connectivity index (χ3v) is 9.47. The van der Waals surface area contributed by atoms with Gasteiger partial charge in [0.05, 0.1) is 11.2 Å². The maximum Gasteiger partial charge on any atom is 0.319 e. The number of pyridine rings is 1. The number of nitrogens with one attached hydrogen (secondary N) is 1. The summed E-state index contributed by atoms with van der Waals surface area (Å²) in [4.78, 5) is 30.1. The fourth-order valence-corrected chi connectivity index (χ4v) is 7.43. The van der Waals surface area contributed by atoms with Crippen molar-refractivity contribution in [2.45, 2.75) is 63.8 Å². The lowest BCUT2D eigenvalue weighted by Crippen LogP contribution is -2.43. The molecule has 3 saturated heterocycles. The van der Waals surface area contributed by atoms with Crippen LogP contribution in [0.25, 0.3) is 32.9 Å². The van der Waals surface area contributed by atoms with E-state index in [0.29, 0.717) is 48.3 Å². The molecule has 2 aromatic carbocycles. The zero-order chi connectivity index (χ0) is 29.0. The maximum absolute atomic E-state index is 16.7. The van der Waals surface area contributed by atoms with E-state index >= 15 is 4.39 Å². The van der Waals surface area contributed by atoms with Crippen LogP contribution < -0.4 is 15.2 Å².